The average Bonchev–Trinajstić information content (AvgIpc) is 3.77. The molecule has 2 heterocycles. The molecule has 0 aliphatic carbocycles. The van der Waals surface area contributed by atoms with Crippen molar-refractivity contribution in [2.24, 2.45) is 0 Å². The molecule has 11 rings (SSSR count). The third-order valence-electron chi connectivity index (χ3n) is 10.8. The maximum atomic E-state index is 6.43. The Bertz CT molecular complexity index is 3130. The van der Waals surface area contributed by atoms with E-state index in [-0.39, 0.29) is 0 Å². The van der Waals surface area contributed by atoms with Crippen LogP contribution in [0, 0.1) is 0 Å². The van der Waals surface area contributed by atoms with Gasteiger partial charge in [0.15, 0.2) is 0 Å². The van der Waals surface area contributed by atoms with Crippen LogP contribution in [0.1, 0.15) is 0 Å². The molecule has 9 aromatic carbocycles. The first-order valence-corrected chi connectivity index (χ1v) is 18.1. The van der Waals surface area contributed by atoms with E-state index in [0.29, 0.717) is 0 Å². The summed E-state index contributed by atoms with van der Waals surface area (Å²) in [5.74, 6) is 0. The Labute approximate surface area is 306 Å². The highest BCUT2D eigenvalue weighted by atomic mass is 16.3. The first-order valence-electron chi connectivity index (χ1n) is 18.1. The number of nitrogens with zero attached hydrogens (tertiary/aromatic N) is 2. The number of para-hydroxylation sites is 4. The van der Waals surface area contributed by atoms with Gasteiger partial charge in [-0.15, -0.1) is 0 Å². The zero-order valence-corrected chi connectivity index (χ0v) is 28.8. The zero-order valence-electron chi connectivity index (χ0n) is 28.8. The summed E-state index contributed by atoms with van der Waals surface area (Å²) >= 11 is 0. The van der Waals surface area contributed by atoms with Crippen LogP contribution in [0.3, 0.4) is 0 Å². The Kier molecular flexibility index (Phi) is 6.55. The first-order chi connectivity index (χ1) is 26.3. The second-order valence-electron chi connectivity index (χ2n) is 13.7. The van der Waals surface area contributed by atoms with Crippen LogP contribution in [0.15, 0.2) is 199 Å². The van der Waals surface area contributed by atoms with Gasteiger partial charge >= 0.3 is 0 Å². The summed E-state index contributed by atoms with van der Waals surface area (Å²) in [5, 5.41) is 9.55. The van der Waals surface area contributed by atoms with Gasteiger partial charge in [0.1, 0.15) is 11.2 Å². The predicted octanol–water partition coefficient (Wildman–Crippen LogP) is 14.1. The van der Waals surface area contributed by atoms with Crippen molar-refractivity contribution < 1.29 is 4.42 Å². The van der Waals surface area contributed by atoms with Gasteiger partial charge in [0.2, 0.25) is 0 Å². The van der Waals surface area contributed by atoms with Crippen LogP contribution in [0.5, 0.6) is 0 Å². The fourth-order valence-corrected chi connectivity index (χ4v) is 8.42. The minimum atomic E-state index is 0.907. The fourth-order valence-electron chi connectivity index (χ4n) is 8.42. The monoisotopic (exact) mass is 676 g/mol. The minimum Gasteiger partial charge on any atom is -0.455 e. The smallest absolute Gasteiger partial charge is 0.143 e. The highest BCUT2D eigenvalue weighted by Crippen LogP contribution is 2.45. The minimum absolute atomic E-state index is 0.907. The molecule has 248 valence electrons. The highest BCUT2D eigenvalue weighted by molar-refractivity contribution is 6.13. The molecule has 0 saturated carbocycles. The number of benzene rings is 9. The Morgan fingerprint density at radius 3 is 1.72 bits per heavy atom. The number of hydrogen-bond acceptors (Lipinski definition) is 2. The molecule has 3 nitrogen and oxygen atoms in total. The summed E-state index contributed by atoms with van der Waals surface area (Å²) in [6, 6.07) is 69.8. The second-order valence-corrected chi connectivity index (χ2v) is 13.7. The van der Waals surface area contributed by atoms with Crippen LogP contribution >= 0.6 is 0 Å². The number of fused-ring (bicyclic) bond motifs is 8. The SMILES string of the molecule is c1ccc2c(N(c3ccc(-c4cccc5c4oc4ccccc45)cc3)c3ccc(-n4c5ccccc5c5ccccc54)c4ccccc34)cccc2c1. The lowest BCUT2D eigenvalue weighted by molar-refractivity contribution is 0.670. The van der Waals surface area contributed by atoms with Crippen LogP contribution in [-0.4, -0.2) is 4.57 Å². The molecule has 0 N–H and O–H groups in total. The van der Waals surface area contributed by atoms with Gasteiger partial charge in [0.25, 0.3) is 0 Å². The van der Waals surface area contributed by atoms with E-state index < -0.39 is 0 Å². The van der Waals surface area contributed by atoms with Gasteiger partial charge in [-0.05, 0) is 59.5 Å². The number of furan rings is 1. The van der Waals surface area contributed by atoms with Crippen molar-refractivity contribution in [1.29, 1.82) is 0 Å². The van der Waals surface area contributed by atoms with Crippen LogP contribution < -0.4 is 4.90 Å². The molecule has 11 aromatic rings. The molecule has 0 radical (unpaired) electrons. The Hall–Kier alpha value is -7.10. The van der Waals surface area contributed by atoms with E-state index in [1.54, 1.807) is 0 Å². The zero-order chi connectivity index (χ0) is 34.9. The number of aromatic nitrogens is 1. The second kappa shape index (κ2) is 11.7. The standard InChI is InChI=1S/C50H32N2O/c1-2-15-36-33(13-1)14-11-25-44(36)51(35-29-27-34(28-30-35)37-21-12-22-43-42-20-7-10-26-49(42)53-50(37)43)47-31-32-48(41-17-4-3-16-40(41)47)52-45-23-8-5-18-38(45)39-19-6-9-24-46(39)52/h1-32H. The van der Waals surface area contributed by atoms with Crippen molar-refractivity contribution >= 4 is 82.4 Å². The highest BCUT2D eigenvalue weighted by Gasteiger charge is 2.21. The van der Waals surface area contributed by atoms with Gasteiger partial charge in [-0.25, -0.2) is 0 Å². The Balaban J connectivity index is 1.13. The maximum Gasteiger partial charge on any atom is 0.143 e. The molecule has 0 spiro atoms. The molecule has 0 amide bonds. The molecule has 0 saturated heterocycles. The summed E-state index contributed by atoms with van der Waals surface area (Å²) in [6.45, 7) is 0. The lowest BCUT2D eigenvalue weighted by atomic mass is 10.00. The van der Waals surface area contributed by atoms with E-state index in [1.165, 1.54) is 43.4 Å². The van der Waals surface area contributed by atoms with Gasteiger partial charge in [-0.1, -0.05) is 146 Å². The van der Waals surface area contributed by atoms with Gasteiger partial charge in [-0.3, -0.25) is 0 Å². The molecule has 0 aliphatic heterocycles. The molecule has 0 atom stereocenters. The molecule has 53 heavy (non-hydrogen) atoms. The van der Waals surface area contributed by atoms with E-state index in [9.17, 15) is 0 Å². The van der Waals surface area contributed by atoms with Gasteiger partial charge < -0.3 is 13.9 Å². The molecule has 2 aromatic heterocycles. The van der Waals surface area contributed by atoms with E-state index in [1.807, 2.05) is 12.1 Å². The largest absolute Gasteiger partial charge is 0.455 e. The van der Waals surface area contributed by atoms with Crippen molar-refractivity contribution in [2.75, 3.05) is 4.90 Å². The number of rotatable bonds is 5. The van der Waals surface area contributed by atoms with Gasteiger partial charge in [-0.2, -0.15) is 0 Å². The molecule has 3 heteroatoms. The molecule has 0 fully saturated rings. The topological polar surface area (TPSA) is 21.3 Å². The van der Waals surface area contributed by atoms with Crippen LogP contribution in [0.25, 0.3) is 82.1 Å². The summed E-state index contributed by atoms with van der Waals surface area (Å²) in [6.07, 6.45) is 0. The maximum absolute atomic E-state index is 6.43. The van der Waals surface area contributed by atoms with E-state index in [2.05, 4.69) is 191 Å². The number of hydrogen-bond donors (Lipinski definition) is 0. The van der Waals surface area contributed by atoms with Crippen LogP contribution in [0.4, 0.5) is 17.1 Å². The van der Waals surface area contributed by atoms with Crippen molar-refractivity contribution in [1.82, 2.24) is 4.57 Å². The average molecular weight is 677 g/mol. The lowest BCUT2D eigenvalue weighted by Crippen LogP contribution is -2.11. The summed E-state index contributed by atoms with van der Waals surface area (Å²) in [4.78, 5) is 2.42. The quantitative estimate of drug-likeness (QED) is 0.181. The van der Waals surface area contributed by atoms with E-state index >= 15 is 0 Å². The fraction of sp³-hybridized carbons (Fsp3) is 0. The molecular weight excluding hydrogens is 645 g/mol. The predicted molar refractivity (Wildman–Crippen MR) is 223 cm³/mol. The molecule has 0 aliphatic rings. The van der Waals surface area contributed by atoms with Crippen LogP contribution in [-0.2, 0) is 0 Å². The van der Waals surface area contributed by atoms with E-state index in [4.69, 9.17) is 4.42 Å². The third-order valence-corrected chi connectivity index (χ3v) is 10.8. The number of anilines is 3. The Morgan fingerprint density at radius 2 is 0.943 bits per heavy atom. The third kappa shape index (κ3) is 4.54. The summed E-state index contributed by atoms with van der Waals surface area (Å²) in [7, 11) is 0. The normalized spacial score (nSPS) is 11.8. The summed E-state index contributed by atoms with van der Waals surface area (Å²) < 4.78 is 8.86. The summed E-state index contributed by atoms with van der Waals surface area (Å²) in [5.41, 5.74) is 10.9. The molecule has 0 unspecified atom stereocenters. The Morgan fingerprint density at radius 1 is 0.377 bits per heavy atom. The van der Waals surface area contributed by atoms with Crippen molar-refractivity contribution in [3.05, 3.63) is 194 Å². The van der Waals surface area contributed by atoms with Crippen LogP contribution in [0.2, 0.25) is 0 Å². The van der Waals surface area contributed by atoms with Crippen molar-refractivity contribution in [2.45, 2.75) is 0 Å². The molecular formula is C50H32N2O. The van der Waals surface area contributed by atoms with E-state index in [0.717, 1.165) is 55.8 Å². The lowest BCUT2D eigenvalue weighted by Gasteiger charge is -2.29. The van der Waals surface area contributed by atoms with Gasteiger partial charge in [0.05, 0.1) is 28.1 Å². The molecule has 0 bridgehead atoms. The van der Waals surface area contributed by atoms with Gasteiger partial charge in [0, 0.05) is 49.0 Å². The van der Waals surface area contributed by atoms with Crippen molar-refractivity contribution in [3.63, 3.8) is 0 Å². The first kappa shape index (κ1) is 29.6. The van der Waals surface area contributed by atoms with Crippen molar-refractivity contribution in [3.8, 4) is 16.8 Å².